The molecule has 2 unspecified atom stereocenters. The van der Waals surface area contributed by atoms with Gasteiger partial charge < -0.3 is 15.2 Å². The minimum atomic E-state index is -2.91. The van der Waals surface area contributed by atoms with E-state index >= 15 is 0 Å². The van der Waals surface area contributed by atoms with Gasteiger partial charge >= 0.3 is 0 Å². The molecule has 0 bridgehead atoms. The maximum absolute atomic E-state index is 11.1. The second-order valence-corrected chi connectivity index (χ2v) is 5.87. The van der Waals surface area contributed by atoms with Crippen molar-refractivity contribution in [2.45, 2.75) is 19.1 Å². The lowest BCUT2D eigenvalue weighted by atomic mass is 10.2. The average molecular weight is 223 g/mol. The lowest BCUT2D eigenvalue weighted by molar-refractivity contribution is 0.122. The first kappa shape index (κ1) is 11.9. The van der Waals surface area contributed by atoms with Crippen LogP contribution in [0.3, 0.4) is 0 Å². The lowest BCUT2D eigenvalue weighted by Crippen LogP contribution is -2.41. The molecule has 0 spiro atoms. The maximum Gasteiger partial charge on any atom is 0.151 e. The molecule has 1 fully saturated rings. The molecule has 0 saturated carbocycles. The van der Waals surface area contributed by atoms with E-state index in [1.54, 1.807) is 6.92 Å². The number of nitrogens with one attached hydrogen (secondary N) is 1. The van der Waals surface area contributed by atoms with Gasteiger partial charge in [-0.15, -0.1) is 0 Å². The van der Waals surface area contributed by atoms with E-state index in [0.717, 1.165) is 0 Å². The Bertz CT molecular complexity index is 265. The van der Waals surface area contributed by atoms with Crippen LogP contribution in [0.4, 0.5) is 0 Å². The van der Waals surface area contributed by atoms with Gasteiger partial charge in [0.2, 0.25) is 0 Å². The minimum Gasteiger partial charge on any atom is -0.389 e. The zero-order valence-electron chi connectivity index (χ0n) is 8.27. The highest BCUT2D eigenvalue weighted by molar-refractivity contribution is 7.91. The van der Waals surface area contributed by atoms with Gasteiger partial charge in [0.15, 0.2) is 9.84 Å². The molecule has 0 aromatic rings. The van der Waals surface area contributed by atoms with E-state index in [-0.39, 0.29) is 17.5 Å². The molecule has 0 amide bonds. The van der Waals surface area contributed by atoms with Gasteiger partial charge in [0.05, 0.1) is 31.1 Å². The van der Waals surface area contributed by atoms with Gasteiger partial charge in [-0.2, -0.15) is 0 Å². The van der Waals surface area contributed by atoms with E-state index in [0.29, 0.717) is 19.8 Å². The third kappa shape index (κ3) is 3.53. The van der Waals surface area contributed by atoms with Crippen LogP contribution in [0.25, 0.3) is 0 Å². The molecule has 0 aromatic carbocycles. The molecule has 6 heteroatoms. The quantitative estimate of drug-likeness (QED) is 0.610. The SMILES string of the molecule is CCS(=O)(=O)CCNC1COCC1O. The topological polar surface area (TPSA) is 75.6 Å². The van der Waals surface area contributed by atoms with Gasteiger partial charge in [-0.25, -0.2) is 8.42 Å². The van der Waals surface area contributed by atoms with Crippen molar-refractivity contribution in [3.63, 3.8) is 0 Å². The third-order valence-electron chi connectivity index (χ3n) is 2.31. The van der Waals surface area contributed by atoms with Crippen LogP contribution >= 0.6 is 0 Å². The number of rotatable bonds is 5. The Kier molecular flexibility index (Phi) is 4.31. The summed E-state index contributed by atoms with van der Waals surface area (Å²) in [5, 5.41) is 12.3. The van der Waals surface area contributed by atoms with Crippen LogP contribution in [0, 0.1) is 0 Å². The summed E-state index contributed by atoms with van der Waals surface area (Å²) in [7, 11) is -2.91. The van der Waals surface area contributed by atoms with Crippen LogP contribution < -0.4 is 5.32 Å². The summed E-state index contributed by atoms with van der Waals surface area (Å²) in [6, 6.07) is -0.123. The van der Waals surface area contributed by atoms with Crippen molar-refractivity contribution in [1.29, 1.82) is 0 Å². The van der Waals surface area contributed by atoms with E-state index in [4.69, 9.17) is 4.74 Å². The summed E-state index contributed by atoms with van der Waals surface area (Å²) >= 11 is 0. The van der Waals surface area contributed by atoms with E-state index in [9.17, 15) is 13.5 Å². The Balaban J connectivity index is 2.21. The predicted molar refractivity (Wildman–Crippen MR) is 52.9 cm³/mol. The molecule has 1 rings (SSSR count). The van der Waals surface area contributed by atoms with Gasteiger partial charge in [-0.3, -0.25) is 0 Å². The molecule has 5 nitrogen and oxygen atoms in total. The van der Waals surface area contributed by atoms with Crippen molar-refractivity contribution < 1.29 is 18.3 Å². The number of hydrogen-bond acceptors (Lipinski definition) is 5. The summed E-state index contributed by atoms with van der Waals surface area (Å²) in [4.78, 5) is 0. The van der Waals surface area contributed by atoms with Gasteiger partial charge in [-0.1, -0.05) is 6.92 Å². The second-order valence-electron chi connectivity index (χ2n) is 3.40. The first-order valence-electron chi connectivity index (χ1n) is 4.75. The fourth-order valence-electron chi connectivity index (χ4n) is 1.28. The molecule has 0 aromatic heterocycles. The summed E-state index contributed by atoms with van der Waals surface area (Å²) < 4.78 is 27.3. The summed E-state index contributed by atoms with van der Waals surface area (Å²) in [6.07, 6.45) is -0.515. The molecule has 1 aliphatic heterocycles. The number of hydrogen-bond donors (Lipinski definition) is 2. The van der Waals surface area contributed by atoms with Crippen molar-refractivity contribution >= 4 is 9.84 Å². The Morgan fingerprint density at radius 2 is 2.21 bits per heavy atom. The molecule has 2 atom stereocenters. The fraction of sp³-hybridized carbons (Fsp3) is 1.00. The number of sulfone groups is 1. The molecule has 14 heavy (non-hydrogen) atoms. The summed E-state index contributed by atoms with van der Waals surface area (Å²) in [5.41, 5.74) is 0. The van der Waals surface area contributed by atoms with E-state index < -0.39 is 15.9 Å². The largest absolute Gasteiger partial charge is 0.389 e. The van der Waals surface area contributed by atoms with Crippen LogP contribution in [0.5, 0.6) is 0 Å². The number of aliphatic hydroxyl groups is 1. The van der Waals surface area contributed by atoms with Crippen molar-refractivity contribution in [3.05, 3.63) is 0 Å². The Hall–Kier alpha value is -0.170. The number of aliphatic hydroxyl groups excluding tert-OH is 1. The summed E-state index contributed by atoms with van der Waals surface area (Å²) in [5.74, 6) is 0.283. The zero-order chi connectivity index (χ0) is 10.6. The normalized spacial score (nSPS) is 28.1. The standard InChI is InChI=1S/C8H17NO4S/c1-2-14(11,12)4-3-9-7-5-13-6-8(7)10/h7-10H,2-6H2,1H3. The highest BCUT2D eigenvalue weighted by atomic mass is 32.2. The first-order chi connectivity index (χ1) is 6.55. The minimum absolute atomic E-state index is 0.118. The fourth-order valence-corrected chi connectivity index (χ4v) is 2.00. The van der Waals surface area contributed by atoms with Crippen molar-refractivity contribution in [2.24, 2.45) is 0 Å². The van der Waals surface area contributed by atoms with Gasteiger partial charge in [-0.05, 0) is 0 Å². The van der Waals surface area contributed by atoms with E-state index in [2.05, 4.69) is 5.32 Å². The van der Waals surface area contributed by atoms with Gasteiger partial charge in [0, 0.05) is 12.3 Å². The molecule has 0 radical (unpaired) electrons. The average Bonchev–Trinajstić information content (AvgIpc) is 2.52. The molecule has 1 heterocycles. The summed E-state index contributed by atoms with van der Waals surface area (Å²) in [6.45, 7) is 2.79. The third-order valence-corrected chi connectivity index (χ3v) is 4.02. The maximum atomic E-state index is 11.1. The van der Waals surface area contributed by atoms with Crippen LogP contribution in [-0.4, -0.2) is 56.9 Å². The molecule has 2 N–H and O–H groups in total. The monoisotopic (exact) mass is 223 g/mol. The Morgan fingerprint density at radius 1 is 1.50 bits per heavy atom. The predicted octanol–water partition coefficient (Wildman–Crippen LogP) is -1.23. The molecule has 1 aliphatic rings. The molecule has 1 saturated heterocycles. The lowest BCUT2D eigenvalue weighted by Gasteiger charge is -2.13. The first-order valence-corrected chi connectivity index (χ1v) is 6.57. The van der Waals surface area contributed by atoms with Gasteiger partial charge in [0.1, 0.15) is 0 Å². The van der Waals surface area contributed by atoms with Crippen LogP contribution in [0.15, 0.2) is 0 Å². The van der Waals surface area contributed by atoms with Crippen molar-refractivity contribution in [2.75, 3.05) is 31.3 Å². The van der Waals surface area contributed by atoms with Crippen LogP contribution in [0.1, 0.15) is 6.92 Å². The molecular formula is C8H17NO4S. The molecule has 0 aliphatic carbocycles. The molecule has 84 valence electrons. The van der Waals surface area contributed by atoms with Crippen LogP contribution in [0.2, 0.25) is 0 Å². The Labute approximate surface area is 84.4 Å². The Morgan fingerprint density at radius 3 is 2.71 bits per heavy atom. The van der Waals surface area contributed by atoms with E-state index in [1.807, 2.05) is 0 Å². The molecular weight excluding hydrogens is 206 g/mol. The van der Waals surface area contributed by atoms with Gasteiger partial charge in [0.25, 0.3) is 0 Å². The number of ether oxygens (including phenoxy) is 1. The van der Waals surface area contributed by atoms with E-state index in [1.165, 1.54) is 0 Å². The van der Waals surface area contributed by atoms with Crippen LogP contribution in [-0.2, 0) is 14.6 Å². The zero-order valence-corrected chi connectivity index (χ0v) is 9.09. The highest BCUT2D eigenvalue weighted by Gasteiger charge is 2.25. The smallest absolute Gasteiger partial charge is 0.151 e. The highest BCUT2D eigenvalue weighted by Crippen LogP contribution is 2.04. The van der Waals surface area contributed by atoms with Crippen molar-refractivity contribution in [3.8, 4) is 0 Å². The second kappa shape index (κ2) is 5.06. The van der Waals surface area contributed by atoms with Crippen molar-refractivity contribution in [1.82, 2.24) is 5.32 Å².